The second-order valence-electron chi connectivity index (χ2n) is 9.05. The highest BCUT2D eigenvalue weighted by molar-refractivity contribution is 5.78. The van der Waals surface area contributed by atoms with Gasteiger partial charge in [-0.15, -0.1) is 0 Å². The highest BCUT2D eigenvalue weighted by Gasteiger charge is 2.43. The van der Waals surface area contributed by atoms with Gasteiger partial charge in [-0.05, 0) is 55.1 Å². The molecule has 1 amide bonds. The molecule has 2 fully saturated rings. The predicted molar refractivity (Wildman–Crippen MR) is 131 cm³/mol. The van der Waals surface area contributed by atoms with Crippen molar-refractivity contribution >= 4 is 11.9 Å². The van der Waals surface area contributed by atoms with Crippen LogP contribution in [0.3, 0.4) is 0 Å². The average Bonchev–Trinajstić information content (AvgIpc) is 3.67. The SMILES string of the molecule is CF.CNC(=O)Cc1ccc(OCCC2CC2C2CCN(c3ncc(COC)cn3)CC2)cc1F. The molecule has 0 radical (unpaired) electrons. The molecule has 2 heterocycles. The lowest BCUT2D eigenvalue weighted by Gasteiger charge is -2.32. The van der Waals surface area contributed by atoms with E-state index in [2.05, 4.69) is 20.2 Å². The van der Waals surface area contributed by atoms with Gasteiger partial charge in [-0.3, -0.25) is 9.18 Å². The van der Waals surface area contributed by atoms with Crippen molar-refractivity contribution < 1.29 is 23.0 Å². The molecule has 1 saturated carbocycles. The van der Waals surface area contributed by atoms with Crippen LogP contribution < -0.4 is 15.0 Å². The van der Waals surface area contributed by atoms with Crippen LogP contribution in [0.4, 0.5) is 14.7 Å². The van der Waals surface area contributed by atoms with Gasteiger partial charge in [0.2, 0.25) is 11.9 Å². The minimum absolute atomic E-state index is 0.0381. The number of carbonyl (C=O) groups is 1. The van der Waals surface area contributed by atoms with Gasteiger partial charge in [-0.1, -0.05) is 6.07 Å². The summed E-state index contributed by atoms with van der Waals surface area (Å²) in [7, 11) is 3.71. The number of halogens is 2. The molecule has 192 valence electrons. The molecular weight excluding hydrogens is 454 g/mol. The number of likely N-dealkylation sites (N-methyl/N-ethyl adjacent to an activating group) is 1. The first-order valence-corrected chi connectivity index (χ1v) is 12.1. The largest absolute Gasteiger partial charge is 0.493 e. The Morgan fingerprint density at radius 3 is 2.54 bits per heavy atom. The molecule has 2 aromatic rings. The number of carbonyl (C=O) groups excluding carboxylic acids is 1. The molecule has 1 aromatic heterocycles. The molecule has 7 nitrogen and oxygen atoms in total. The minimum atomic E-state index is -0.399. The summed E-state index contributed by atoms with van der Waals surface area (Å²) in [6.45, 7) is 3.12. The standard InChI is InChI=1S/C25H33FN4O3.CH3F/c1-27-24(31)12-20-3-4-21(13-23(20)26)33-10-7-19-11-22(19)18-5-8-30(9-6-18)25-28-14-17(15-29-25)16-32-2;1-2/h3-4,13-15,18-19,22H,5-12,16H2,1-2H3,(H,27,31);1H3. The zero-order valence-electron chi connectivity index (χ0n) is 20.8. The fourth-order valence-corrected chi connectivity index (χ4v) is 4.81. The number of methoxy groups -OCH3 is 1. The summed E-state index contributed by atoms with van der Waals surface area (Å²) in [5.74, 6) is 2.94. The van der Waals surface area contributed by atoms with E-state index in [0.717, 1.165) is 42.9 Å². The fourth-order valence-electron chi connectivity index (χ4n) is 4.81. The summed E-state index contributed by atoms with van der Waals surface area (Å²) in [6, 6.07) is 4.75. The van der Waals surface area contributed by atoms with E-state index in [-0.39, 0.29) is 12.3 Å². The van der Waals surface area contributed by atoms with Gasteiger partial charge in [0.15, 0.2) is 0 Å². The van der Waals surface area contributed by atoms with Crippen molar-refractivity contribution in [2.45, 2.75) is 38.7 Å². The Morgan fingerprint density at radius 1 is 1.20 bits per heavy atom. The Kier molecular flexibility index (Phi) is 10.2. The summed E-state index contributed by atoms with van der Waals surface area (Å²) in [4.78, 5) is 22.7. The van der Waals surface area contributed by atoms with Crippen molar-refractivity contribution in [2.75, 3.05) is 45.9 Å². The topological polar surface area (TPSA) is 76.6 Å². The van der Waals surface area contributed by atoms with E-state index >= 15 is 0 Å². The van der Waals surface area contributed by atoms with E-state index in [0.29, 0.717) is 37.6 Å². The van der Waals surface area contributed by atoms with Crippen LogP contribution in [0.5, 0.6) is 5.75 Å². The lowest BCUT2D eigenvalue weighted by Crippen LogP contribution is -2.35. The van der Waals surface area contributed by atoms with Crippen molar-refractivity contribution in [3.63, 3.8) is 0 Å². The summed E-state index contributed by atoms with van der Waals surface area (Å²) in [6.07, 6.45) is 8.32. The van der Waals surface area contributed by atoms with Gasteiger partial charge >= 0.3 is 0 Å². The van der Waals surface area contributed by atoms with Gasteiger partial charge in [0.1, 0.15) is 11.6 Å². The smallest absolute Gasteiger partial charge is 0.225 e. The summed E-state index contributed by atoms with van der Waals surface area (Å²) in [5.41, 5.74) is 1.37. The average molecular weight is 491 g/mol. The molecule has 2 aliphatic rings. The van der Waals surface area contributed by atoms with Crippen LogP contribution >= 0.6 is 0 Å². The quantitative estimate of drug-likeness (QED) is 0.543. The van der Waals surface area contributed by atoms with Crippen LogP contribution in [0.15, 0.2) is 30.6 Å². The maximum atomic E-state index is 14.2. The van der Waals surface area contributed by atoms with Crippen LogP contribution in [0.2, 0.25) is 0 Å². The second kappa shape index (κ2) is 13.3. The zero-order chi connectivity index (χ0) is 25.2. The number of aromatic nitrogens is 2. The van der Waals surface area contributed by atoms with Gasteiger partial charge < -0.3 is 19.7 Å². The number of rotatable bonds is 10. The molecule has 1 saturated heterocycles. The molecule has 1 aromatic carbocycles. The van der Waals surface area contributed by atoms with Crippen molar-refractivity contribution in [3.05, 3.63) is 47.5 Å². The monoisotopic (exact) mass is 490 g/mol. The van der Waals surface area contributed by atoms with Crippen LogP contribution in [0, 0.1) is 23.6 Å². The fraction of sp³-hybridized carbons (Fsp3) is 0.577. The molecule has 0 spiro atoms. The number of hydrogen-bond acceptors (Lipinski definition) is 6. The second-order valence-corrected chi connectivity index (χ2v) is 9.05. The van der Waals surface area contributed by atoms with Gasteiger partial charge in [-0.2, -0.15) is 0 Å². The maximum Gasteiger partial charge on any atom is 0.225 e. The maximum absolute atomic E-state index is 14.2. The lowest BCUT2D eigenvalue weighted by molar-refractivity contribution is -0.120. The Morgan fingerprint density at radius 2 is 1.91 bits per heavy atom. The molecule has 2 atom stereocenters. The lowest BCUT2D eigenvalue weighted by atomic mass is 9.90. The first kappa shape index (κ1) is 26.8. The molecule has 1 aliphatic carbocycles. The van der Waals surface area contributed by atoms with E-state index < -0.39 is 5.82 Å². The number of nitrogens with zero attached hydrogens (tertiary/aromatic N) is 3. The van der Waals surface area contributed by atoms with E-state index in [9.17, 15) is 13.6 Å². The van der Waals surface area contributed by atoms with E-state index in [1.807, 2.05) is 12.4 Å². The minimum Gasteiger partial charge on any atom is -0.493 e. The van der Waals surface area contributed by atoms with Crippen LogP contribution in [-0.2, 0) is 22.6 Å². The number of piperidine rings is 1. The van der Waals surface area contributed by atoms with E-state index in [1.54, 1.807) is 26.3 Å². The third kappa shape index (κ3) is 7.59. The summed E-state index contributed by atoms with van der Waals surface area (Å²) < 4.78 is 34.6. The zero-order valence-corrected chi connectivity index (χ0v) is 20.8. The molecule has 4 rings (SSSR count). The highest BCUT2D eigenvalue weighted by atomic mass is 19.1. The van der Waals surface area contributed by atoms with E-state index in [1.165, 1.54) is 25.3 Å². The van der Waals surface area contributed by atoms with Crippen LogP contribution in [-0.4, -0.2) is 56.9 Å². The number of hydrogen-bond donors (Lipinski definition) is 1. The van der Waals surface area contributed by atoms with Crippen LogP contribution in [0.1, 0.15) is 36.8 Å². The Bertz CT molecular complexity index is 937. The van der Waals surface area contributed by atoms with Crippen molar-refractivity contribution in [2.24, 2.45) is 17.8 Å². The van der Waals surface area contributed by atoms with Crippen molar-refractivity contribution in [1.82, 2.24) is 15.3 Å². The molecular formula is C26H36F2N4O3. The van der Waals surface area contributed by atoms with Crippen molar-refractivity contribution in [1.29, 1.82) is 0 Å². The predicted octanol–water partition coefficient (Wildman–Crippen LogP) is 3.96. The number of benzene rings is 1. The molecule has 1 N–H and O–H groups in total. The molecule has 2 unspecified atom stereocenters. The first-order valence-electron chi connectivity index (χ1n) is 12.1. The highest BCUT2D eigenvalue weighted by Crippen LogP contribution is 2.49. The van der Waals surface area contributed by atoms with Gasteiger partial charge in [0.25, 0.3) is 0 Å². The Labute approximate surface area is 206 Å². The Hall–Kier alpha value is -2.81. The molecule has 35 heavy (non-hydrogen) atoms. The van der Waals surface area contributed by atoms with Crippen LogP contribution in [0.25, 0.3) is 0 Å². The third-order valence-corrected chi connectivity index (χ3v) is 6.82. The number of ether oxygens (including phenoxy) is 2. The van der Waals surface area contributed by atoms with Gasteiger partial charge in [0, 0.05) is 51.3 Å². The normalized spacial score (nSPS) is 19.5. The van der Waals surface area contributed by atoms with Gasteiger partial charge in [0.05, 0.1) is 26.8 Å². The number of anilines is 1. The number of alkyl halides is 1. The molecule has 0 bridgehead atoms. The van der Waals surface area contributed by atoms with Crippen molar-refractivity contribution in [3.8, 4) is 5.75 Å². The van der Waals surface area contributed by atoms with Gasteiger partial charge in [-0.25, -0.2) is 14.4 Å². The summed E-state index contributed by atoms with van der Waals surface area (Å²) >= 11 is 0. The first-order chi connectivity index (χ1) is 17.1. The van der Waals surface area contributed by atoms with E-state index in [4.69, 9.17) is 9.47 Å². The Balaban J connectivity index is 0.00000167. The number of nitrogens with one attached hydrogen (secondary N) is 1. The third-order valence-electron chi connectivity index (χ3n) is 6.82. The molecule has 9 heteroatoms. The number of amides is 1. The molecule has 1 aliphatic heterocycles. The summed E-state index contributed by atoms with van der Waals surface area (Å²) in [5, 5.41) is 2.51.